The Hall–Kier alpha value is -5.41. The molecular weight excluding hydrogens is 536 g/mol. The second kappa shape index (κ2) is 10.1. The standard InChI is InChI=1S/C41H32N2O/c1-28-18-22-38-36(24-28)41(31-12-6-3-7-13-31,32-14-8-4-9-15-32)37-25-29(2)19-23-39(37)43(38)34-20-21-35-30(26-34)27-42(40(35)44)33-16-10-5-11-17-33/h3-26H,27H2,1-2H3. The lowest BCUT2D eigenvalue weighted by Crippen LogP contribution is -2.38. The van der Waals surface area contributed by atoms with Crippen LogP contribution in [0.1, 0.15) is 49.3 Å². The highest BCUT2D eigenvalue weighted by atomic mass is 16.2. The summed E-state index contributed by atoms with van der Waals surface area (Å²) in [6.45, 7) is 4.91. The van der Waals surface area contributed by atoms with Crippen molar-refractivity contribution in [1.29, 1.82) is 0 Å². The minimum atomic E-state index is -0.515. The van der Waals surface area contributed by atoms with Gasteiger partial charge in [-0.1, -0.05) is 114 Å². The van der Waals surface area contributed by atoms with Gasteiger partial charge in [-0.05, 0) is 84.1 Å². The van der Waals surface area contributed by atoms with E-state index in [9.17, 15) is 4.79 Å². The summed E-state index contributed by atoms with van der Waals surface area (Å²) in [6.07, 6.45) is 0. The highest BCUT2D eigenvalue weighted by molar-refractivity contribution is 6.10. The lowest BCUT2D eigenvalue weighted by atomic mass is 9.62. The molecule has 6 aromatic rings. The summed E-state index contributed by atoms with van der Waals surface area (Å²) in [5, 5.41) is 0. The summed E-state index contributed by atoms with van der Waals surface area (Å²) >= 11 is 0. The second-order valence-corrected chi connectivity index (χ2v) is 11.9. The molecule has 0 spiro atoms. The Morgan fingerprint density at radius 3 is 1.61 bits per heavy atom. The Kier molecular flexibility index (Phi) is 6.02. The van der Waals surface area contributed by atoms with Crippen LogP contribution in [0.25, 0.3) is 0 Å². The van der Waals surface area contributed by atoms with Gasteiger partial charge >= 0.3 is 0 Å². The van der Waals surface area contributed by atoms with E-state index in [1.165, 1.54) is 33.4 Å². The number of hydrogen-bond acceptors (Lipinski definition) is 2. The molecule has 0 saturated heterocycles. The normalized spacial score (nSPS) is 14.6. The van der Waals surface area contributed by atoms with Gasteiger partial charge in [0.2, 0.25) is 0 Å². The molecule has 0 bridgehead atoms. The highest BCUT2D eigenvalue weighted by Crippen LogP contribution is 2.58. The first-order valence-corrected chi connectivity index (χ1v) is 15.2. The van der Waals surface area contributed by atoms with Gasteiger partial charge < -0.3 is 9.80 Å². The number of para-hydroxylation sites is 1. The number of hydrogen-bond donors (Lipinski definition) is 0. The van der Waals surface area contributed by atoms with Gasteiger partial charge in [0.15, 0.2) is 0 Å². The molecule has 0 N–H and O–H groups in total. The van der Waals surface area contributed by atoms with Crippen molar-refractivity contribution < 1.29 is 4.79 Å². The average Bonchev–Trinajstić information content (AvgIpc) is 3.40. The van der Waals surface area contributed by atoms with Gasteiger partial charge in [0.05, 0.1) is 23.3 Å². The van der Waals surface area contributed by atoms with Crippen LogP contribution in [-0.4, -0.2) is 5.91 Å². The summed E-state index contributed by atoms with van der Waals surface area (Å²) in [6, 6.07) is 51.8. The van der Waals surface area contributed by atoms with Crippen LogP contribution < -0.4 is 9.80 Å². The topological polar surface area (TPSA) is 23.6 Å². The molecular formula is C41H32N2O. The third-order valence-corrected chi connectivity index (χ3v) is 9.23. The predicted molar refractivity (Wildman–Crippen MR) is 179 cm³/mol. The Morgan fingerprint density at radius 2 is 1.07 bits per heavy atom. The van der Waals surface area contributed by atoms with Crippen LogP contribution in [0.3, 0.4) is 0 Å². The zero-order chi connectivity index (χ0) is 29.8. The molecule has 2 aliphatic rings. The van der Waals surface area contributed by atoms with Gasteiger partial charge in [-0.3, -0.25) is 4.79 Å². The van der Waals surface area contributed by atoms with Gasteiger partial charge in [-0.25, -0.2) is 0 Å². The molecule has 1 amide bonds. The first-order valence-electron chi connectivity index (χ1n) is 15.2. The Bertz CT molecular complexity index is 1940. The number of nitrogens with zero attached hydrogens (tertiary/aromatic N) is 2. The van der Waals surface area contributed by atoms with Crippen LogP contribution in [0.4, 0.5) is 22.7 Å². The van der Waals surface area contributed by atoms with Gasteiger partial charge in [-0.15, -0.1) is 0 Å². The maximum Gasteiger partial charge on any atom is 0.258 e. The van der Waals surface area contributed by atoms with E-state index in [2.05, 4.69) is 128 Å². The van der Waals surface area contributed by atoms with E-state index >= 15 is 0 Å². The maximum absolute atomic E-state index is 13.5. The number of aryl methyl sites for hydroxylation is 2. The third kappa shape index (κ3) is 3.86. The molecule has 8 rings (SSSR count). The van der Waals surface area contributed by atoms with Crippen LogP contribution in [0.5, 0.6) is 0 Å². The Balaban J connectivity index is 1.38. The van der Waals surface area contributed by atoms with Crippen molar-refractivity contribution in [2.45, 2.75) is 25.8 Å². The minimum absolute atomic E-state index is 0.0515. The van der Waals surface area contributed by atoms with Crippen molar-refractivity contribution in [3.05, 3.63) is 190 Å². The summed E-state index contributed by atoms with van der Waals surface area (Å²) in [5.74, 6) is 0.0515. The number of amides is 1. The summed E-state index contributed by atoms with van der Waals surface area (Å²) in [4.78, 5) is 17.7. The molecule has 0 radical (unpaired) electrons. The average molecular weight is 569 g/mol. The molecule has 3 nitrogen and oxygen atoms in total. The number of anilines is 4. The van der Waals surface area contributed by atoms with Gasteiger partial charge in [0.1, 0.15) is 0 Å². The van der Waals surface area contributed by atoms with Crippen LogP contribution in [0, 0.1) is 13.8 Å². The quantitative estimate of drug-likeness (QED) is 0.211. The fourth-order valence-electron chi connectivity index (χ4n) is 7.27. The zero-order valence-electron chi connectivity index (χ0n) is 24.9. The van der Waals surface area contributed by atoms with Crippen molar-refractivity contribution in [3.8, 4) is 0 Å². The van der Waals surface area contributed by atoms with E-state index in [1.54, 1.807) is 0 Å². The van der Waals surface area contributed by atoms with Crippen molar-refractivity contribution in [3.63, 3.8) is 0 Å². The molecule has 0 aliphatic carbocycles. The molecule has 212 valence electrons. The molecule has 6 aromatic carbocycles. The van der Waals surface area contributed by atoms with Crippen LogP contribution in [0.15, 0.2) is 146 Å². The van der Waals surface area contributed by atoms with E-state index in [0.29, 0.717) is 6.54 Å². The molecule has 3 heteroatoms. The van der Waals surface area contributed by atoms with Gasteiger partial charge in [0, 0.05) is 16.9 Å². The largest absolute Gasteiger partial charge is 0.310 e. The number of carbonyl (C=O) groups is 1. The lowest BCUT2D eigenvalue weighted by molar-refractivity contribution is 0.0996. The van der Waals surface area contributed by atoms with E-state index in [-0.39, 0.29) is 5.91 Å². The summed E-state index contributed by atoms with van der Waals surface area (Å²) < 4.78 is 0. The van der Waals surface area contributed by atoms with Gasteiger partial charge in [-0.2, -0.15) is 0 Å². The number of carbonyl (C=O) groups excluding carboxylic acids is 1. The molecule has 0 saturated carbocycles. The first kappa shape index (κ1) is 26.2. The number of benzene rings is 6. The highest BCUT2D eigenvalue weighted by Gasteiger charge is 2.46. The van der Waals surface area contributed by atoms with E-state index < -0.39 is 5.41 Å². The van der Waals surface area contributed by atoms with Crippen molar-refractivity contribution in [2.24, 2.45) is 0 Å². The molecule has 2 aliphatic heterocycles. The third-order valence-electron chi connectivity index (χ3n) is 9.23. The second-order valence-electron chi connectivity index (χ2n) is 11.9. The molecule has 0 fully saturated rings. The molecule has 0 atom stereocenters. The fourth-order valence-corrected chi connectivity index (χ4v) is 7.27. The van der Waals surface area contributed by atoms with Crippen LogP contribution in [-0.2, 0) is 12.0 Å². The summed E-state index contributed by atoms with van der Waals surface area (Å²) in [7, 11) is 0. The van der Waals surface area contributed by atoms with Gasteiger partial charge in [0.25, 0.3) is 5.91 Å². The molecule has 0 aromatic heterocycles. The maximum atomic E-state index is 13.5. The van der Waals surface area contributed by atoms with Crippen molar-refractivity contribution >= 4 is 28.7 Å². The lowest BCUT2D eigenvalue weighted by Gasteiger charge is -2.47. The van der Waals surface area contributed by atoms with E-state index in [4.69, 9.17) is 0 Å². The Morgan fingerprint density at radius 1 is 0.545 bits per heavy atom. The van der Waals surface area contributed by atoms with Crippen molar-refractivity contribution in [2.75, 3.05) is 9.80 Å². The SMILES string of the molecule is Cc1ccc2c(c1)C(c1ccccc1)(c1ccccc1)c1cc(C)ccc1N2c1ccc2c(c1)CN(c1ccccc1)C2=O. The number of rotatable bonds is 4. The minimum Gasteiger partial charge on any atom is -0.310 e. The predicted octanol–water partition coefficient (Wildman–Crippen LogP) is 9.63. The van der Waals surface area contributed by atoms with E-state index in [0.717, 1.165) is 33.9 Å². The van der Waals surface area contributed by atoms with Crippen LogP contribution in [0.2, 0.25) is 0 Å². The summed E-state index contributed by atoms with van der Waals surface area (Å²) in [5.41, 5.74) is 13.0. The zero-order valence-corrected chi connectivity index (χ0v) is 24.9. The molecule has 2 heterocycles. The molecule has 0 unspecified atom stereocenters. The first-order chi connectivity index (χ1) is 21.6. The smallest absolute Gasteiger partial charge is 0.258 e. The van der Waals surface area contributed by atoms with Crippen LogP contribution >= 0.6 is 0 Å². The Labute approximate surface area is 258 Å². The monoisotopic (exact) mass is 568 g/mol. The van der Waals surface area contributed by atoms with Crippen molar-refractivity contribution in [1.82, 2.24) is 0 Å². The fraction of sp³-hybridized carbons (Fsp3) is 0.0976. The molecule has 44 heavy (non-hydrogen) atoms. The van der Waals surface area contributed by atoms with E-state index in [1.807, 2.05) is 41.3 Å². The number of fused-ring (bicyclic) bond motifs is 3.